The highest BCUT2D eigenvalue weighted by Gasteiger charge is 2.27. The van der Waals surface area contributed by atoms with Crippen LogP contribution in [0.5, 0.6) is 11.5 Å². The van der Waals surface area contributed by atoms with Gasteiger partial charge < -0.3 is 19.5 Å². The summed E-state index contributed by atoms with van der Waals surface area (Å²) in [4.78, 5) is 37.2. The SMILES string of the molecule is CC(C(=O)c1ccc2c(c1)OCO2)N(C)C(=O)/C=C/C(C)(C)C(=O)O. The number of ketones is 1. The number of fused-ring (bicyclic) bond motifs is 1. The largest absolute Gasteiger partial charge is 0.481 e. The van der Waals surface area contributed by atoms with Crippen LogP contribution in [0.1, 0.15) is 31.1 Å². The summed E-state index contributed by atoms with van der Waals surface area (Å²) < 4.78 is 10.5. The van der Waals surface area contributed by atoms with Crippen LogP contribution in [0.4, 0.5) is 0 Å². The summed E-state index contributed by atoms with van der Waals surface area (Å²) in [6, 6.07) is 4.14. The van der Waals surface area contributed by atoms with Gasteiger partial charge in [0.25, 0.3) is 0 Å². The average Bonchev–Trinajstić information content (AvgIpc) is 3.05. The number of amides is 1. The summed E-state index contributed by atoms with van der Waals surface area (Å²) in [5.41, 5.74) is -0.757. The maximum atomic E-state index is 12.6. The van der Waals surface area contributed by atoms with Gasteiger partial charge in [0.15, 0.2) is 17.3 Å². The topological polar surface area (TPSA) is 93.1 Å². The first kappa shape index (κ1) is 18.5. The number of rotatable bonds is 6. The van der Waals surface area contributed by atoms with Crippen LogP contribution in [-0.4, -0.2) is 47.5 Å². The third kappa shape index (κ3) is 3.99. The van der Waals surface area contributed by atoms with Crippen LogP contribution < -0.4 is 9.47 Å². The minimum Gasteiger partial charge on any atom is -0.481 e. The van der Waals surface area contributed by atoms with E-state index in [-0.39, 0.29) is 12.6 Å². The van der Waals surface area contributed by atoms with E-state index in [0.717, 1.165) is 0 Å². The second kappa shape index (κ2) is 6.96. The third-order valence-corrected chi connectivity index (χ3v) is 4.16. The van der Waals surface area contributed by atoms with Crippen LogP contribution in [0.15, 0.2) is 30.4 Å². The Balaban J connectivity index is 2.09. The molecular weight excluding hydrogens is 326 g/mol. The van der Waals surface area contributed by atoms with E-state index < -0.39 is 23.3 Å². The number of carboxylic acid groups (broad SMARTS) is 1. The van der Waals surface area contributed by atoms with Gasteiger partial charge in [0, 0.05) is 18.7 Å². The van der Waals surface area contributed by atoms with Gasteiger partial charge in [-0.2, -0.15) is 0 Å². The lowest BCUT2D eigenvalue weighted by Gasteiger charge is -2.23. The molecule has 0 fully saturated rings. The van der Waals surface area contributed by atoms with Gasteiger partial charge in [-0.05, 0) is 39.0 Å². The summed E-state index contributed by atoms with van der Waals surface area (Å²) in [7, 11) is 1.50. The predicted molar refractivity (Wildman–Crippen MR) is 89.7 cm³/mol. The highest BCUT2D eigenvalue weighted by atomic mass is 16.7. The smallest absolute Gasteiger partial charge is 0.312 e. The molecule has 1 atom stereocenters. The number of likely N-dealkylation sites (N-methyl/N-ethyl adjacent to an activating group) is 1. The molecule has 1 aliphatic rings. The number of nitrogens with zero attached hydrogens (tertiary/aromatic N) is 1. The van der Waals surface area contributed by atoms with E-state index in [1.54, 1.807) is 25.1 Å². The standard InChI is InChI=1S/C18H21NO6/c1-11(19(4)15(20)7-8-18(2,3)17(22)23)16(21)12-5-6-13-14(9-12)25-10-24-13/h5-9,11H,10H2,1-4H3,(H,22,23)/b8-7+. The van der Waals surface area contributed by atoms with E-state index >= 15 is 0 Å². The minimum atomic E-state index is -1.17. The molecular formula is C18H21NO6. The summed E-state index contributed by atoms with van der Waals surface area (Å²) in [5, 5.41) is 9.06. The van der Waals surface area contributed by atoms with E-state index in [2.05, 4.69) is 0 Å². The van der Waals surface area contributed by atoms with Crippen molar-refractivity contribution in [2.75, 3.05) is 13.8 Å². The van der Waals surface area contributed by atoms with Crippen LogP contribution in [0.3, 0.4) is 0 Å². The quantitative estimate of drug-likeness (QED) is 0.626. The predicted octanol–water partition coefficient (Wildman–Crippen LogP) is 2.11. The number of carbonyl (C=O) groups excluding carboxylic acids is 2. The fourth-order valence-electron chi connectivity index (χ4n) is 2.13. The number of ether oxygens (including phenoxy) is 2. The van der Waals surface area contributed by atoms with E-state index in [1.807, 2.05) is 0 Å². The molecule has 1 N–H and O–H groups in total. The lowest BCUT2D eigenvalue weighted by molar-refractivity contribution is -0.144. The van der Waals surface area contributed by atoms with E-state index in [1.165, 1.54) is 37.9 Å². The van der Waals surface area contributed by atoms with Gasteiger partial charge in [-0.25, -0.2) is 0 Å². The molecule has 0 aliphatic carbocycles. The highest BCUT2D eigenvalue weighted by Crippen LogP contribution is 2.33. The molecule has 1 unspecified atom stereocenters. The van der Waals surface area contributed by atoms with Gasteiger partial charge in [0.2, 0.25) is 12.7 Å². The number of hydrogen-bond acceptors (Lipinski definition) is 5. The Morgan fingerprint density at radius 1 is 1.24 bits per heavy atom. The highest BCUT2D eigenvalue weighted by molar-refractivity contribution is 6.03. The maximum Gasteiger partial charge on any atom is 0.312 e. The molecule has 0 radical (unpaired) electrons. The van der Waals surface area contributed by atoms with Gasteiger partial charge in [0.1, 0.15) is 0 Å². The fourth-order valence-corrected chi connectivity index (χ4v) is 2.13. The molecule has 7 nitrogen and oxygen atoms in total. The number of hydrogen-bond donors (Lipinski definition) is 1. The zero-order valence-electron chi connectivity index (χ0n) is 14.6. The first-order chi connectivity index (χ1) is 11.6. The Labute approximate surface area is 145 Å². The summed E-state index contributed by atoms with van der Waals surface area (Å²) >= 11 is 0. The third-order valence-electron chi connectivity index (χ3n) is 4.16. The Hall–Kier alpha value is -2.83. The van der Waals surface area contributed by atoms with Crippen LogP contribution in [0.2, 0.25) is 0 Å². The van der Waals surface area contributed by atoms with Gasteiger partial charge in [-0.15, -0.1) is 0 Å². The second-order valence-electron chi connectivity index (χ2n) is 6.42. The molecule has 0 saturated carbocycles. The van der Waals surface area contributed by atoms with Gasteiger partial charge in [-0.3, -0.25) is 14.4 Å². The lowest BCUT2D eigenvalue weighted by Crippen LogP contribution is -2.39. The van der Waals surface area contributed by atoms with Crippen molar-refractivity contribution in [3.8, 4) is 11.5 Å². The lowest BCUT2D eigenvalue weighted by atomic mass is 9.93. The second-order valence-corrected chi connectivity index (χ2v) is 6.42. The summed E-state index contributed by atoms with van der Waals surface area (Å²) in [6.45, 7) is 4.70. The normalized spacial score (nSPS) is 14.4. The molecule has 2 rings (SSSR count). The maximum absolute atomic E-state index is 12.6. The van der Waals surface area contributed by atoms with Crippen molar-refractivity contribution in [1.82, 2.24) is 4.90 Å². The number of aliphatic carboxylic acids is 1. The molecule has 1 aromatic rings. The monoisotopic (exact) mass is 347 g/mol. The molecule has 0 spiro atoms. The Morgan fingerprint density at radius 2 is 1.88 bits per heavy atom. The van der Waals surface area contributed by atoms with Gasteiger partial charge in [0.05, 0.1) is 11.5 Å². The summed E-state index contributed by atoms with van der Waals surface area (Å²) in [5.74, 6) is -0.665. The van der Waals surface area contributed by atoms with Crippen molar-refractivity contribution in [1.29, 1.82) is 0 Å². The van der Waals surface area contributed by atoms with Crippen molar-refractivity contribution in [2.24, 2.45) is 5.41 Å². The van der Waals surface area contributed by atoms with E-state index in [0.29, 0.717) is 17.1 Å². The number of carboxylic acids is 1. The number of carbonyl (C=O) groups is 3. The molecule has 25 heavy (non-hydrogen) atoms. The van der Waals surface area contributed by atoms with Crippen LogP contribution in [0, 0.1) is 5.41 Å². The molecule has 7 heteroatoms. The molecule has 0 saturated heterocycles. The first-order valence-corrected chi connectivity index (χ1v) is 7.77. The Bertz CT molecular complexity index is 737. The zero-order valence-corrected chi connectivity index (χ0v) is 14.6. The molecule has 1 aliphatic heterocycles. The van der Waals surface area contributed by atoms with Crippen molar-refractivity contribution in [3.05, 3.63) is 35.9 Å². The van der Waals surface area contributed by atoms with Crippen molar-refractivity contribution >= 4 is 17.7 Å². The van der Waals surface area contributed by atoms with E-state index in [9.17, 15) is 14.4 Å². The number of Topliss-reactive ketones (excluding diaryl/α,β-unsaturated/α-hetero) is 1. The van der Waals surface area contributed by atoms with Crippen molar-refractivity contribution in [3.63, 3.8) is 0 Å². The van der Waals surface area contributed by atoms with Crippen LogP contribution in [0.25, 0.3) is 0 Å². The molecule has 1 heterocycles. The van der Waals surface area contributed by atoms with E-state index in [4.69, 9.17) is 14.6 Å². The molecule has 1 aromatic carbocycles. The summed E-state index contributed by atoms with van der Waals surface area (Å²) in [6.07, 6.45) is 2.49. The van der Waals surface area contributed by atoms with Crippen molar-refractivity contribution < 1.29 is 29.0 Å². The molecule has 0 bridgehead atoms. The van der Waals surface area contributed by atoms with Gasteiger partial charge in [-0.1, -0.05) is 6.08 Å². The van der Waals surface area contributed by atoms with Crippen molar-refractivity contribution in [2.45, 2.75) is 26.8 Å². The average molecular weight is 347 g/mol. The first-order valence-electron chi connectivity index (χ1n) is 7.77. The van der Waals surface area contributed by atoms with Crippen LogP contribution >= 0.6 is 0 Å². The zero-order chi connectivity index (χ0) is 18.8. The molecule has 134 valence electrons. The number of benzene rings is 1. The Kier molecular flexibility index (Phi) is 5.15. The Morgan fingerprint density at radius 3 is 2.52 bits per heavy atom. The van der Waals surface area contributed by atoms with Crippen LogP contribution in [-0.2, 0) is 9.59 Å². The van der Waals surface area contributed by atoms with Gasteiger partial charge >= 0.3 is 5.97 Å². The minimum absolute atomic E-state index is 0.116. The molecule has 0 aromatic heterocycles. The molecule has 1 amide bonds. The fraction of sp³-hybridized carbons (Fsp3) is 0.389.